The second-order valence-corrected chi connectivity index (χ2v) is 3.94. The lowest BCUT2D eigenvalue weighted by Gasteiger charge is -2.18. The van der Waals surface area contributed by atoms with Crippen molar-refractivity contribution in [1.29, 1.82) is 0 Å². The molecule has 0 aliphatic carbocycles. The molecule has 3 rings (SSSR count). The van der Waals surface area contributed by atoms with Crippen molar-refractivity contribution in [3.8, 4) is 0 Å². The zero-order valence-electron chi connectivity index (χ0n) is 7.46. The van der Waals surface area contributed by atoms with Crippen molar-refractivity contribution >= 4 is 5.69 Å². The Kier molecular flexibility index (Phi) is 1.40. The normalized spacial score (nSPS) is 24.7. The molecular weight excluding hydrogens is 165 g/mol. The van der Waals surface area contributed by atoms with Crippen LogP contribution in [0.1, 0.15) is 18.4 Å². The van der Waals surface area contributed by atoms with Gasteiger partial charge in [0.1, 0.15) is 5.82 Å². The van der Waals surface area contributed by atoms with Crippen LogP contribution in [0.15, 0.2) is 18.2 Å². The summed E-state index contributed by atoms with van der Waals surface area (Å²) in [4.78, 5) is 2.24. The van der Waals surface area contributed by atoms with Crippen LogP contribution < -0.4 is 4.90 Å². The molecule has 2 aliphatic heterocycles. The van der Waals surface area contributed by atoms with E-state index in [4.69, 9.17) is 0 Å². The lowest BCUT2D eigenvalue weighted by Crippen LogP contribution is -2.24. The molecule has 0 bridgehead atoms. The minimum Gasteiger partial charge on any atom is -0.366 e. The highest BCUT2D eigenvalue weighted by Gasteiger charge is 2.34. The zero-order valence-corrected chi connectivity index (χ0v) is 7.46. The van der Waals surface area contributed by atoms with Crippen molar-refractivity contribution < 1.29 is 4.39 Å². The van der Waals surface area contributed by atoms with Crippen LogP contribution in [0.3, 0.4) is 0 Å². The van der Waals surface area contributed by atoms with Gasteiger partial charge in [0.25, 0.3) is 0 Å². The van der Waals surface area contributed by atoms with Crippen LogP contribution in [0.4, 0.5) is 10.1 Å². The van der Waals surface area contributed by atoms with Crippen LogP contribution in [-0.2, 0) is 6.42 Å². The summed E-state index contributed by atoms with van der Waals surface area (Å²) in [6, 6.07) is 6.03. The fourth-order valence-corrected chi connectivity index (χ4v) is 2.64. The minimum atomic E-state index is -0.0399. The number of nitrogens with zero attached hydrogens (tertiary/aromatic N) is 1. The summed E-state index contributed by atoms with van der Waals surface area (Å²) >= 11 is 0. The maximum atomic E-state index is 13.5. The fourth-order valence-electron chi connectivity index (χ4n) is 2.64. The summed E-state index contributed by atoms with van der Waals surface area (Å²) in [6.07, 6.45) is 3.50. The molecule has 1 saturated heterocycles. The third-order valence-corrected chi connectivity index (χ3v) is 3.19. The van der Waals surface area contributed by atoms with Gasteiger partial charge in [-0.15, -0.1) is 0 Å². The third-order valence-electron chi connectivity index (χ3n) is 3.19. The topological polar surface area (TPSA) is 3.24 Å². The van der Waals surface area contributed by atoms with Crippen molar-refractivity contribution in [2.45, 2.75) is 25.3 Å². The number of hydrogen-bond acceptors (Lipinski definition) is 1. The minimum absolute atomic E-state index is 0.0399. The van der Waals surface area contributed by atoms with Gasteiger partial charge in [0.05, 0.1) is 5.69 Å². The highest BCUT2D eigenvalue weighted by Crippen LogP contribution is 2.39. The van der Waals surface area contributed by atoms with Gasteiger partial charge in [-0.25, -0.2) is 4.39 Å². The summed E-state index contributed by atoms with van der Waals surface area (Å²) in [5.41, 5.74) is 2.08. The van der Waals surface area contributed by atoms with Gasteiger partial charge in [-0.1, -0.05) is 12.1 Å². The van der Waals surface area contributed by atoms with E-state index in [9.17, 15) is 4.39 Å². The molecule has 0 amide bonds. The fraction of sp³-hybridized carbons (Fsp3) is 0.455. The Hall–Kier alpha value is -1.05. The van der Waals surface area contributed by atoms with Gasteiger partial charge < -0.3 is 4.90 Å². The maximum Gasteiger partial charge on any atom is 0.146 e. The Bertz CT molecular complexity index is 348. The molecule has 68 valence electrons. The smallest absolute Gasteiger partial charge is 0.146 e. The van der Waals surface area contributed by atoms with Gasteiger partial charge >= 0.3 is 0 Å². The molecule has 0 spiro atoms. The van der Waals surface area contributed by atoms with E-state index in [-0.39, 0.29) is 5.82 Å². The van der Waals surface area contributed by atoms with E-state index in [1.807, 2.05) is 6.07 Å². The summed E-state index contributed by atoms with van der Waals surface area (Å²) in [5, 5.41) is 0. The number of benzene rings is 1. The van der Waals surface area contributed by atoms with E-state index < -0.39 is 0 Å². The van der Waals surface area contributed by atoms with Crippen molar-refractivity contribution in [1.82, 2.24) is 0 Å². The Morgan fingerprint density at radius 1 is 1.38 bits per heavy atom. The second kappa shape index (κ2) is 2.47. The Labute approximate surface area is 77.2 Å². The van der Waals surface area contributed by atoms with Gasteiger partial charge in [-0.3, -0.25) is 0 Å². The molecule has 0 radical (unpaired) electrons. The van der Waals surface area contributed by atoms with Crippen LogP contribution in [0, 0.1) is 5.82 Å². The van der Waals surface area contributed by atoms with E-state index in [1.165, 1.54) is 18.4 Å². The number of para-hydroxylation sites is 1. The largest absolute Gasteiger partial charge is 0.366 e. The van der Waals surface area contributed by atoms with Gasteiger partial charge in [-0.2, -0.15) is 0 Å². The highest BCUT2D eigenvalue weighted by molar-refractivity contribution is 5.61. The number of hydrogen-bond donors (Lipinski definition) is 0. The summed E-state index contributed by atoms with van der Waals surface area (Å²) in [7, 11) is 0. The number of anilines is 1. The molecule has 1 atom stereocenters. The van der Waals surface area contributed by atoms with Crippen molar-refractivity contribution in [2.24, 2.45) is 0 Å². The van der Waals surface area contributed by atoms with Gasteiger partial charge in [0.15, 0.2) is 0 Å². The van der Waals surface area contributed by atoms with E-state index in [1.54, 1.807) is 6.07 Å². The molecule has 1 nitrogen and oxygen atoms in total. The molecular formula is C11H12FN. The molecule has 0 N–H and O–H groups in total. The van der Waals surface area contributed by atoms with E-state index in [2.05, 4.69) is 11.0 Å². The average molecular weight is 177 g/mol. The van der Waals surface area contributed by atoms with Crippen LogP contribution in [0.5, 0.6) is 0 Å². The first-order valence-electron chi connectivity index (χ1n) is 4.90. The molecule has 2 aliphatic rings. The van der Waals surface area contributed by atoms with Crippen LogP contribution in [0.25, 0.3) is 0 Å². The first kappa shape index (κ1) is 7.36. The van der Waals surface area contributed by atoms with E-state index in [0.29, 0.717) is 6.04 Å². The highest BCUT2D eigenvalue weighted by atomic mass is 19.1. The van der Waals surface area contributed by atoms with Crippen molar-refractivity contribution in [3.63, 3.8) is 0 Å². The first-order chi connectivity index (χ1) is 6.36. The zero-order chi connectivity index (χ0) is 8.84. The standard InChI is InChI=1S/C11H12FN/c12-10-5-1-3-8-7-9-4-2-6-13(9)11(8)10/h1,3,5,9H,2,4,6-7H2. The predicted octanol–water partition coefficient (Wildman–Crippen LogP) is 2.35. The third kappa shape index (κ3) is 0.916. The van der Waals surface area contributed by atoms with Crippen molar-refractivity contribution in [3.05, 3.63) is 29.6 Å². The van der Waals surface area contributed by atoms with Crippen molar-refractivity contribution in [2.75, 3.05) is 11.4 Å². The Balaban J connectivity index is 2.14. The number of halogens is 1. The molecule has 13 heavy (non-hydrogen) atoms. The van der Waals surface area contributed by atoms with E-state index >= 15 is 0 Å². The molecule has 1 unspecified atom stereocenters. The Morgan fingerprint density at radius 2 is 2.31 bits per heavy atom. The van der Waals surface area contributed by atoms with Gasteiger partial charge in [0.2, 0.25) is 0 Å². The summed E-state index contributed by atoms with van der Waals surface area (Å²) < 4.78 is 13.5. The number of fused-ring (bicyclic) bond motifs is 3. The monoisotopic (exact) mass is 177 g/mol. The van der Waals surface area contributed by atoms with Gasteiger partial charge in [-0.05, 0) is 30.9 Å². The van der Waals surface area contributed by atoms with Gasteiger partial charge in [0, 0.05) is 12.6 Å². The van der Waals surface area contributed by atoms with Crippen LogP contribution >= 0.6 is 0 Å². The summed E-state index contributed by atoms with van der Waals surface area (Å²) in [6.45, 7) is 1.04. The molecule has 1 aromatic carbocycles. The predicted molar refractivity (Wildman–Crippen MR) is 50.5 cm³/mol. The maximum absolute atomic E-state index is 13.5. The average Bonchev–Trinajstić information content (AvgIpc) is 2.62. The SMILES string of the molecule is Fc1cccc2c1N1CCCC1C2. The quantitative estimate of drug-likeness (QED) is 0.588. The molecule has 0 aromatic heterocycles. The second-order valence-electron chi connectivity index (χ2n) is 3.94. The molecule has 1 aromatic rings. The summed E-state index contributed by atoms with van der Waals surface area (Å²) in [5.74, 6) is -0.0399. The first-order valence-corrected chi connectivity index (χ1v) is 4.90. The molecule has 2 heterocycles. The van der Waals surface area contributed by atoms with E-state index in [0.717, 1.165) is 18.7 Å². The van der Waals surface area contributed by atoms with Crippen LogP contribution in [0.2, 0.25) is 0 Å². The lowest BCUT2D eigenvalue weighted by molar-refractivity contribution is 0.621. The Morgan fingerprint density at radius 3 is 3.23 bits per heavy atom. The number of rotatable bonds is 0. The molecule has 2 heteroatoms. The molecule has 0 saturated carbocycles. The molecule has 1 fully saturated rings. The van der Waals surface area contributed by atoms with Crippen LogP contribution in [-0.4, -0.2) is 12.6 Å². The lowest BCUT2D eigenvalue weighted by atomic mass is 10.1.